The van der Waals surface area contributed by atoms with Crippen molar-refractivity contribution in [2.75, 3.05) is 6.61 Å². The lowest BCUT2D eigenvalue weighted by molar-refractivity contribution is 0.132. The topological polar surface area (TPSA) is 37.9 Å². The summed E-state index contributed by atoms with van der Waals surface area (Å²) in [6.45, 7) is 8.50. The molecular formula is C13H18Br2N2OSi. The van der Waals surface area contributed by atoms with Crippen LogP contribution in [-0.2, 0) is 11.3 Å². The molecule has 2 rings (SSSR count). The van der Waals surface area contributed by atoms with Crippen LogP contribution >= 0.6 is 31.9 Å². The average molecular weight is 406 g/mol. The maximum Gasteiger partial charge on any atom is 0.139 e. The second-order valence-corrected chi connectivity index (χ2v) is 13.1. The van der Waals surface area contributed by atoms with Gasteiger partial charge < -0.3 is 9.72 Å². The Bertz CT molecular complexity index is 578. The van der Waals surface area contributed by atoms with Crippen molar-refractivity contribution in [2.45, 2.75) is 32.3 Å². The molecule has 0 aliphatic carbocycles. The summed E-state index contributed by atoms with van der Waals surface area (Å²) in [5.74, 6) is 0. The number of halogens is 2. The Morgan fingerprint density at radius 2 is 2.05 bits per heavy atom. The first-order chi connectivity index (χ1) is 8.88. The van der Waals surface area contributed by atoms with Gasteiger partial charge in [-0.25, -0.2) is 4.98 Å². The van der Waals surface area contributed by atoms with Gasteiger partial charge in [-0.1, -0.05) is 19.6 Å². The van der Waals surface area contributed by atoms with Crippen LogP contribution in [0.3, 0.4) is 0 Å². The van der Waals surface area contributed by atoms with Crippen molar-refractivity contribution in [3.63, 3.8) is 0 Å². The molecule has 2 aromatic heterocycles. The predicted octanol–water partition coefficient (Wildman–Crippen LogP) is 4.94. The predicted molar refractivity (Wildman–Crippen MR) is 89.3 cm³/mol. The van der Waals surface area contributed by atoms with E-state index in [0.29, 0.717) is 6.61 Å². The Balaban J connectivity index is 2.05. The molecule has 0 aromatic carbocycles. The van der Waals surface area contributed by atoms with Crippen LogP contribution in [0.2, 0.25) is 25.7 Å². The standard InChI is InChI=1S/C13H18Br2N2OSi/c1-19(2,3)5-4-18-8-9-6-16-13-11(12(9)15)10(14)7-17-13/h6-7H,4-5,8H2,1-3H3,(H,16,17). The van der Waals surface area contributed by atoms with Crippen molar-refractivity contribution in [1.29, 1.82) is 0 Å². The third-order valence-corrected chi connectivity index (χ3v) is 6.15. The molecule has 0 saturated carbocycles. The summed E-state index contributed by atoms with van der Waals surface area (Å²) in [7, 11) is -1.02. The minimum atomic E-state index is -1.02. The second kappa shape index (κ2) is 6.07. The van der Waals surface area contributed by atoms with Crippen LogP contribution in [0, 0.1) is 0 Å². The van der Waals surface area contributed by atoms with Crippen molar-refractivity contribution in [3.05, 3.63) is 26.9 Å². The molecular weight excluding hydrogens is 388 g/mol. The van der Waals surface area contributed by atoms with Crippen molar-refractivity contribution in [2.24, 2.45) is 0 Å². The fraction of sp³-hybridized carbons (Fsp3) is 0.462. The third-order valence-electron chi connectivity index (χ3n) is 2.92. The summed E-state index contributed by atoms with van der Waals surface area (Å²) in [5.41, 5.74) is 1.97. The summed E-state index contributed by atoms with van der Waals surface area (Å²) in [6.07, 6.45) is 3.77. The minimum Gasteiger partial charge on any atom is -0.377 e. The van der Waals surface area contributed by atoms with Gasteiger partial charge in [0.05, 0.1) is 6.61 Å². The van der Waals surface area contributed by atoms with Crippen LogP contribution in [-0.4, -0.2) is 24.6 Å². The molecule has 0 unspecified atom stereocenters. The monoisotopic (exact) mass is 404 g/mol. The van der Waals surface area contributed by atoms with E-state index >= 15 is 0 Å². The molecule has 0 bridgehead atoms. The molecule has 0 saturated heterocycles. The van der Waals surface area contributed by atoms with E-state index in [1.54, 1.807) is 0 Å². The van der Waals surface area contributed by atoms with E-state index in [9.17, 15) is 0 Å². The number of hydrogen-bond acceptors (Lipinski definition) is 2. The minimum absolute atomic E-state index is 0.603. The number of nitrogens with zero attached hydrogens (tertiary/aromatic N) is 1. The van der Waals surface area contributed by atoms with Crippen LogP contribution in [0.5, 0.6) is 0 Å². The van der Waals surface area contributed by atoms with E-state index < -0.39 is 8.07 Å². The van der Waals surface area contributed by atoms with Crippen molar-refractivity contribution < 1.29 is 4.74 Å². The van der Waals surface area contributed by atoms with Crippen LogP contribution < -0.4 is 0 Å². The lowest BCUT2D eigenvalue weighted by Gasteiger charge is -2.15. The first-order valence-corrected chi connectivity index (χ1v) is 11.6. The molecule has 0 amide bonds. The van der Waals surface area contributed by atoms with E-state index in [1.165, 1.54) is 6.04 Å². The molecule has 0 fully saturated rings. The number of fused-ring (bicyclic) bond motifs is 1. The number of rotatable bonds is 5. The highest BCUT2D eigenvalue weighted by Gasteiger charge is 2.14. The number of aromatic nitrogens is 2. The molecule has 1 N–H and O–H groups in total. The summed E-state index contributed by atoms with van der Waals surface area (Å²) in [5, 5.41) is 1.08. The van der Waals surface area contributed by atoms with Gasteiger partial charge in [-0.2, -0.15) is 0 Å². The van der Waals surface area contributed by atoms with Crippen LogP contribution in [0.15, 0.2) is 21.3 Å². The number of ether oxygens (including phenoxy) is 1. The van der Waals surface area contributed by atoms with Gasteiger partial charge in [0.1, 0.15) is 5.65 Å². The summed E-state index contributed by atoms with van der Waals surface area (Å²) in [4.78, 5) is 7.52. The van der Waals surface area contributed by atoms with Gasteiger partial charge in [0, 0.05) is 47.0 Å². The first kappa shape index (κ1) is 15.2. The number of hydrogen-bond donors (Lipinski definition) is 1. The molecule has 0 atom stereocenters. The fourth-order valence-electron chi connectivity index (χ4n) is 1.72. The Labute approximate surface area is 131 Å². The maximum atomic E-state index is 5.78. The molecule has 6 heteroatoms. The molecule has 2 aromatic rings. The van der Waals surface area contributed by atoms with Crippen LogP contribution in [0.1, 0.15) is 5.56 Å². The average Bonchev–Trinajstić information content (AvgIpc) is 2.68. The van der Waals surface area contributed by atoms with E-state index in [1.807, 2.05) is 12.4 Å². The Kier molecular flexibility index (Phi) is 4.87. The highest BCUT2D eigenvalue weighted by molar-refractivity contribution is 9.11. The normalized spacial score (nSPS) is 12.3. The van der Waals surface area contributed by atoms with E-state index in [2.05, 4.69) is 61.5 Å². The van der Waals surface area contributed by atoms with Crippen molar-refractivity contribution in [3.8, 4) is 0 Å². The van der Waals surface area contributed by atoms with Gasteiger partial charge in [-0.05, 0) is 37.9 Å². The molecule has 104 valence electrons. The first-order valence-electron chi connectivity index (χ1n) is 6.26. The zero-order valence-corrected chi connectivity index (χ0v) is 15.6. The maximum absolute atomic E-state index is 5.78. The highest BCUT2D eigenvalue weighted by atomic mass is 79.9. The molecule has 19 heavy (non-hydrogen) atoms. The molecule has 2 heterocycles. The quantitative estimate of drug-likeness (QED) is 0.564. The number of H-pyrrole nitrogens is 1. The van der Waals surface area contributed by atoms with E-state index in [-0.39, 0.29) is 0 Å². The highest BCUT2D eigenvalue weighted by Crippen LogP contribution is 2.32. The second-order valence-electron chi connectivity index (χ2n) is 5.82. The summed E-state index contributed by atoms with van der Waals surface area (Å²) < 4.78 is 7.85. The molecule has 0 aliphatic heterocycles. The summed E-state index contributed by atoms with van der Waals surface area (Å²) >= 11 is 7.17. The summed E-state index contributed by atoms with van der Waals surface area (Å²) in [6, 6.07) is 1.19. The zero-order valence-electron chi connectivity index (χ0n) is 11.4. The molecule has 0 radical (unpaired) electrons. The molecule has 3 nitrogen and oxygen atoms in total. The Morgan fingerprint density at radius 1 is 1.32 bits per heavy atom. The third kappa shape index (κ3) is 3.90. The van der Waals surface area contributed by atoms with Gasteiger partial charge in [0.2, 0.25) is 0 Å². The molecule has 0 spiro atoms. The number of aromatic amines is 1. The SMILES string of the molecule is C[Si](C)(C)CCOCc1cnc2[nH]cc(Br)c2c1Br. The van der Waals surface area contributed by atoms with Crippen molar-refractivity contribution in [1.82, 2.24) is 9.97 Å². The number of pyridine rings is 1. The van der Waals surface area contributed by atoms with Gasteiger partial charge in [-0.3, -0.25) is 0 Å². The Morgan fingerprint density at radius 3 is 2.74 bits per heavy atom. The number of nitrogens with one attached hydrogen (secondary N) is 1. The van der Waals surface area contributed by atoms with Crippen LogP contribution in [0.25, 0.3) is 11.0 Å². The van der Waals surface area contributed by atoms with E-state index in [0.717, 1.165) is 32.1 Å². The van der Waals surface area contributed by atoms with Gasteiger partial charge in [0.15, 0.2) is 0 Å². The lowest BCUT2D eigenvalue weighted by Crippen LogP contribution is -2.21. The van der Waals surface area contributed by atoms with Crippen molar-refractivity contribution >= 4 is 51.0 Å². The van der Waals surface area contributed by atoms with Crippen LogP contribution in [0.4, 0.5) is 0 Å². The largest absolute Gasteiger partial charge is 0.377 e. The molecule has 0 aliphatic rings. The fourth-order valence-corrected chi connectivity index (χ4v) is 3.86. The van der Waals surface area contributed by atoms with Gasteiger partial charge in [-0.15, -0.1) is 0 Å². The lowest BCUT2D eigenvalue weighted by atomic mass is 10.2. The van der Waals surface area contributed by atoms with Gasteiger partial charge in [0.25, 0.3) is 0 Å². The Hall–Kier alpha value is -0.173. The smallest absolute Gasteiger partial charge is 0.139 e. The zero-order chi connectivity index (χ0) is 14.0. The van der Waals surface area contributed by atoms with Gasteiger partial charge >= 0.3 is 0 Å². The van der Waals surface area contributed by atoms with E-state index in [4.69, 9.17) is 4.74 Å².